The lowest BCUT2D eigenvalue weighted by Crippen LogP contribution is -2.43. The predicted octanol–water partition coefficient (Wildman–Crippen LogP) is 2.02. The van der Waals surface area contributed by atoms with Crippen LogP contribution < -0.4 is 5.32 Å². The number of hydrogen-bond donors (Lipinski definition) is 1. The summed E-state index contributed by atoms with van der Waals surface area (Å²) in [6.45, 7) is 3.13. The van der Waals surface area contributed by atoms with Crippen LogP contribution in [0.4, 0.5) is 11.5 Å². The molecule has 0 aromatic carbocycles. The van der Waals surface area contributed by atoms with Gasteiger partial charge in [-0.2, -0.15) is 0 Å². The zero-order valence-corrected chi connectivity index (χ0v) is 10.6. The molecule has 0 saturated carbocycles. The molecule has 0 bridgehead atoms. The van der Waals surface area contributed by atoms with Crippen molar-refractivity contribution < 1.29 is 9.66 Å². The van der Waals surface area contributed by atoms with E-state index in [9.17, 15) is 10.1 Å². The van der Waals surface area contributed by atoms with Crippen molar-refractivity contribution in [2.75, 3.05) is 18.5 Å². The van der Waals surface area contributed by atoms with E-state index in [2.05, 4.69) is 15.3 Å². The first-order valence-corrected chi connectivity index (χ1v) is 5.90. The van der Waals surface area contributed by atoms with E-state index in [-0.39, 0.29) is 22.2 Å². The highest BCUT2D eigenvalue weighted by molar-refractivity contribution is 6.31. The minimum absolute atomic E-state index is 0.132. The molecule has 8 heteroatoms. The van der Waals surface area contributed by atoms with Crippen molar-refractivity contribution in [3.05, 3.63) is 21.6 Å². The molecule has 18 heavy (non-hydrogen) atoms. The van der Waals surface area contributed by atoms with Crippen LogP contribution in [0, 0.1) is 10.1 Å². The van der Waals surface area contributed by atoms with Gasteiger partial charge in [0, 0.05) is 6.61 Å². The Labute approximate surface area is 109 Å². The van der Waals surface area contributed by atoms with Crippen LogP contribution in [0.5, 0.6) is 0 Å². The van der Waals surface area contributed by atoms with Gasteiger partial charge in [-0.3, -0.25) is 10.1 Å². The van der Waals surface area contributed by atoms with Crippen LogP contribution in [0.2, 0.25) is 5.15 Å². The Hall–Kier alpha value is -1.47. The van der Waals surface area contributed by atoms with Gasteiger partial charge < -0.3 is 10.1 Å². The second kappa shape index (κ2) is 5.03. The van der Waals surface area contributed by atoms with E-state index in [1.54, 1.807) is 0 Å². The van der Waals surface area contributed by atoms with Gasteiger partial charge in [0.15, 0.2) is 0 Å². The predicted molar refractivity (Wildman–Crippen MR) is 65.8 cm³/mol. The number of halogens is 1. The van der Waals surface area contributed by atoms with Crippen molar-refractivity contribution in [3.63, 3.8) is 0 Å². The zero-order valence-electron chi connectivity index (χ0n) is 9.85. The molecule has 0 amide bonds. The number of anilines is 1. The second-order valence-electron chi connectivity index (χ2n) is 4.46. The lowest BCUT2D eigenvalue weighted by atomic mass is 9.95. The molecule has 0 spiro atoms. The van der Waals surface area contributed by atoms with Crippen molar-refractivity contribution in [2.24, 2.45) is 0 Å². The largest absolute Gasteiger partial charge is 0.379 e. The molecule has 1 aromatic heterocycles. The summed E-state index contributed by atoms with van der Waals surface area (Å²) in [5.41, 5.74) is -0.674. The van der Waals surface area contributed by atoms with Gasteiger partial charge in [0.1, 0.15) is 6.33 Å². The maximum Gasteiger partial charge on any atom is 0.348 e. The van der Waals surface area contributed by atoms with E-state index in [1.807, 2.05) is 6.92 Å². The smallest absolute Gasteiger partial charge is 0.348 e. The molecule has 1 aromatic rings. The molecule has 7 nitrogen and oxygen atoms in total. The number of nitrogens with zero attached hydrogens (tertiary/aromatic N) is 3. The van der Waals surface area contributed by atoms with E-state index < -0.39 is 4.92 Å². The molecule has 1 aliphatic rings. The zero-order chi connectivity index (χ0) is 13.2. The number of nitrogens with one attached hydrogen (secondary N) is 1. The molecule has 0 radical (unpaired) electrons. The summed E-state index contributed by atoms with van der Waals surface area (Å²) in [5.74, 6) is 0.132. The van der Waals surface area contributed by atoms with Crippen LogP contribution in [-0.4, -0.2) is 33.6 Å². The quantitative estimate of drug-likeness (QED) is 0.514. The normalized spacial score (nSPS) is 23.7. The van der Waals surface area contributed by atoms with Crippen LogP contribution in [0.25, 0.3) is 0 Å². The fourth-order valence-electron chi connectivity index (χ4n) is 1.93. The third-order valence-electron chi connectivity index (χ3n) is 2.82. The molecule has 1 fully saturated rings. The number of nitro groups is 1. The van der Waals surface area contributed by atoms with E-state index in [0.29, 0.717) is 13.2 Å². The van der Waals surface area contributed by atoms with Crippen LogP contribution in [0.15, 0.2) is 6.33 Å². The molecule has 1 saturated heterocycles. The summed E-state index contributed by atoms with van der Waals surface area (Å²) >= 11 is 5.72. The molecule has 1 atom stereocenters. The number of hydrogen-bond acceptors (Lipinski definition) is 6. The molecular weight excluding hydrogens is 260 g/mol. The highest BCUT2D eigenvalue weighted by Gasteiger charge is 2.32. The summed E-state index contributed by atoms with van der Waals surface area (Å²) in [4.78, 5) is 17.9. The fraction of sp³-hybridized carbons (Fsp3) is 0.600. The SMILES string of the molecule is CC1(Nc2ncnc(Cl)c2[N+](=O)[O-])CCCOC1. The lowest BCUT2D eigenvalue weighted by Gasteiger charge is -2.34. The Morgan fingerprint density at radius 1 is 1.61 bits per heavy atom. The summed E-state index contributed by atoms with van der Waals surface area (Å²) in [7, 11) is 0. The Morgan fingerprint density at radius 3 is 3.00 bits per heavy atom. The minimum atomic E-state index is -0.586. The van der Waals surface area contributed by atoms with Gasteiger partial charge in [-0.1, -0.05) is 11.6 Å². The molecule has 1 unspecified atom stereocenters. The number of ether oxygens (including phenoxy) is 1. The molecule has 2 heterocycles. The van der Waals surface area contributed by atoms with Gasteiger partial charge in [-0.15, -0.1) is 0 Å². The van der Waals surface area contributed by atoms with Crippen molar-refractivity contribution in [3.8, 4) is 0 Å². The van der Waals surface area contributed by atoms with E-state index in [1.165, 1.54) is 6.33 Å². The van der Waals surface area contributed by atoms with Gasteiger partial charge in [-0.25, -0.2) is 9.97 Å². The maximum atomic E-state index is 11.0. The summed E-state index contributed by atoms with van der Waals surface area (Å²) < 4.78 is 5.38. The molecule has 1 aliphatic heterocycles. The van der Waals surface area contributed by atoms with E-state index in [4.69, 9.17) is 16.3 Å². The lowest BCUT2D eigenvalue weighted by molar-refractivity contribution is -0.384. The first-order chi connectivity index (χ1) is 8.52. The third-order valence-corrected chi connectivity index (χ3v) is 3.09. The Balaban J connectivity index is 2.28. The summed E-state index contributed by atoms with van der Waals surface area (Å²) in [6, 6.07) is 0. The van der Waals surface area contributed by atoms with Crippen LogP contribution in [0.1, 0.15) is 19.8 Å². The fourth-order valence-corrected chi connectivity index (χ4v) is 2.13. The molecular formula is C10H13ClN4O3. The summed E-state index contributed by atoms with van der Waals surface area (Å²) in [6.07, 6.45) is 2.95. The monoisotopic (exact) mass is 272 g/mol. The van der Waals surface area contributed by atoms with Crippen molar-refractivity contribution in [1.29, 1.82) is 0 Å². The van der Waals surface area contributed by atoms with E-state index >= 15 is 0 Å². The van der Waals surface area contributed by atoms with Crippen LogP contribution in [0.3, 0.4) is 0 Å². The van der Waals surface area contributed by atoms with Gasteiger partial charge in [0.2, 0.25) is 11.0 Å². The molecule has 98 valence electrons. The highest BCUT2D eigenvalue weighted by Crippen LogP contribution is 2.32. The third kappa shape index (κ3) is 2.68. The first kappa shape index (κ1) is 13.0. The van der Waals surface area contributed by atoms with Crippen LogP contribution in [-0.2, 0) is 4.74 Å². The standard InChI is InChI=1S/C10H13ClN4O3/c1-10(3-2-4-18-5-10)14-9-7(15(16)17)8(11)12-6-13-9/h6H,2-5H2,1H3,(H,12,13,14). The van der Waals surface area contributed by atoms with Gasteiger partial charge >= 0.3 is 5.69 Å². The minimum Gasteiger partial charge on any atom is -0.379 e. The maximum absolute atomic E-state index is 11.0. The van der Waals surface area contributed by atoms with Crippen molar-refractivity contribution in [2.45, 2.75) is 25.3 Å². The molecule has 1 N–H and O–H groups in total. The van der Waals surface area contributed by atoms with Gasteiger partial charge in [0.05, 0.1) is 17.1 Å². The number of rotatable bonds is 3. The topological polar surface area (TPSA) is 90.2 Å². The van der Waals surface area contributed by atoms with E-state index in [0.717, 1.165) is 12.8 Å². The highest BCUT2D eigenvalue weighted by atomic mass is 35.5. The van der Waals surface area contributed by atoms with Gasteiger partial charge in [-0.05, 0) is 19.8 Å². The second-order valence-corrected chi connectivity index (χ2v) is 4.82. The average molecular weight is 273 g/mol. The van der Waals surface area contributed by atoms with Crippen molar-refractivity contribution >= 4 is 23.1 Å². The molecule has 0 aliphatic carbocycles. The Kier molecular flexibility index (Phi) is 3.63. The molecule has 2 rings (SSSR count). The van der Waals surface area contributed by atoms with Crippen molar-refractivity contribution in [1.82, 2.24) is 9.97 Å². The Morgan fingerprint density at radius 2 is 2.39 bits per heavy atom. The average Bonchev–Trinajstić information content (AvgIpc) is 2.28. The summed E-state index contributed by atoms with van der Waals surface area (Å²) in [5, 5.41) is 13.8. The van der Waals surface area contributed by atoms with Crippen LogP contribution >= 0.6 is 11.6 Å². The Bertz CT molecular complexity index is 462. The first-order valence-electron chi connectivity index (χ1n) is 5.53. The van der Waals surface area contributed by atoms with Gasteiger partial charge in [0.25, 0.3) is 0 Å². The number of aromatic nitrogens is 2.